The molecule has 7 heteroatoms. The number of aromatic carboxylic acids is 1. The Morgan fingerprint density at radius 1 is 1.33 bits per heavy atom. The van der Waals surface area contributed by atoms with E-state index in [1.807, 2.05) is 27.7 Å². The first kappa shape index (κ1) is 23.3. The summed E-state index contributed by atoms with van der Waals surface area (Å²) in [6, 6.07) is 1.22. The van der Waals surface area contributed by atoms with Crippen LogP contribution >= 0.6 is 0 Å². The van der Waals surface area contributed by atoms with Crippen molar-refractivity contribution in [3.05, 3.63) is 63.3 Å². The Hall–Kier alpha value is -2.93. The minimum absolute atomic E-state index is 0.0925. The van der Waals surface area contributed by atoms with Crippen LogP contribution in [0.5, 0.6) is 0 Å². The van der Waals surface area contributed by atoms with Gasteiger partial charge in [0.05, 0.1) is 6.61 Å². The minimum Gasteiger partial charge on any atom is -0.491 e. The molecule has 0 saturated carbocycles. The van der Waals surface area contributed by atoms with Crippen LogP contribution in [0.2, 0.25) is 0 Å². The van der Waals surface area contributed by atoms with Crippen molar-refractivity contribution in [2.75, 3.05) is 20.3 Å². The van der Waals surface area contributed by atoms with Gasteiger partial charge < -0.3 is 19.1 Å². The fourth-order valence-corrected chi connectivity index (χ4v) is 2.93. The minimum atomic E-state index is -1.26. The molecule has 0 saturated heterocycles. The lowest BCUT2D eigenvalue weighted by Gasteiger charge is -2.31. The van der Waals surface area contributed by atoms with E-state index in [1.54, 1.807) is 36.0 Å². The van der Waals surface area contributed by atoms with Crippen LogP contribution in [0.4, 0.5) is 0 Å². The number of methoxy groups -OCH3 is 1. The predicted octanol–water partition coefficient (Wildman–Crippen LogP) is 4.06. The molecule has 1 aromatic heterocycles. The molecule has 1 aliphatic carbocycles. The molecule has 0 radical (unpaired) electrons. The Balaban J connectivity index is 2.44. The molecule has 0 bridgehead atoms. The van der Waals surface area contributed by atoms with E-state index in [-0.39, 0.29) is 22.7 Å². The maximum absolute atomic E-state index is 12.4. The monoisotopic (exact) mass is 414 g/mol. The fourth-order valence-electron chi connectivity index (χ4n) is 2.93. The van der Waals surface area contributed by atoms with E-state index >= 15 is 0 Å². The third-order valence-corrected chi connectivity index (χ3v) is 5.12. The van der Waals surface area contributed by atoms with Gasteiger partial charge in [-0.1, -0.05) is 32.9 Å². The number of pyridine rings is 1. The quantitative estimate of drug-likeness (QED) is 0.625. The van der Waals surface area contributed by atoms with Crippen LogP contribution in [-0.4, -0.2) is 41.7 Å². The average molecular weight is 415 g/mol. The van der Waals surface area contributed by atoms with Crippen molar-refractivity contribution in [2.24, 2.45) is 5.41 Å². The highest BCUT2D eigenvalue weighted by atomic mass is 16.5. The molecule has 7 nitrogen and oxygen atoms in total. The Bertz CT molecular complexity index is 961. The second-order valence-electron chi connectivity index (χ2n) is 8.29. The lowest BCUT2D eigenvalue weighted by molar-refractivity contribution is 0.0693. The van der Waals surface area contributed by atoms with Crippen LogP contribution in [0.25, 0.3) is 6.08 Å². The van der Waals surface area contributed by atoms with E-state index < -0.39 is 11.4 Å². The first-order chi connectivity index (χ1) is 14.1. The van der Waals surface area contributed by atoms with E-state index in [9.17, 15) is 14.7 Å². The summed E-state index contributed by atoms with van der Waals surface area (Å²) in [4.78, 5) is 23.8. The van der Waals surface area contributed by atoms with Gasteiger partial charge in [-0.3, -0.25) is 10.2 Å². The van der Waals surface area contributed by atoms with Crippen molar-refractivity contribution in [1.29, 1.82) is 5.41 Å². The van der Waals surface area contributed by atoms with Gasteiger partial charge in [0.1, 0.15) is 17.0 Å². The third-order valence-electron chi connectivity index (χ3n) is 5.12. The van der Waals surface area contributed by atoms with Gasteiger partial charge >= 0.3 is 5.97 Å². The molecule has 0 aromatic carbocycles. The number of hydrogen-bond donors (Lipinski definition) is 2. The zero-order valence-electron chi connectivity index (χ0n) is 18.2. The van der Waals surface area contributed by atoms with Crippen molar-refractivity contribution in [1.82, 2.24) is 4.57 Å². The summed E-state index contributed by atoms with van der Waals surface area (Å²) in [6.07, 6.45) is 9.11. The van der Waals surface area contributed by atoms with E-state index in [0.717, 1.165) is 0 Å². The molecular weight excluding hydrogens is 384 g/mol. The summed E-state index contributed by atoms with van der Waals surface area (Å²) in [5.41, 5.74) is 0.312. The number of hydrogen-bond acceptors (Lipinski definition) is 5. The summed E-state index contributed by atoms with van der Waals surface area (Å²) in [5, 5.41) is 17.8. The molecule has 30 heavy (non-hydrogen) atoms. The Kier molecular flexibility index (Phi) is 7.56. The van der Waals surface area contributed by atoms with Crippen molar-refractivity contribution in [2.45, 2.75) is 40.2 Å². The summed E-state index contributed by atoms with van der Waals surface area (Å²) < 4.78 is 12.5. The second kappa shape index (κ2) is 9.71. The molecular formula is C23H30N2O5. The predicted molar refractivity (Wildman–Crippen MR) is 117 cm³/mol. The van der Waals surface area contributed by atoms with Crippen molar-refractivity contribution in [3.63, 3.8) is 0 Å². The number of ether oxygens (including phenoxy) is 2. The van der Waals surface area contributed by atoms with E-state index in [1.165, 1.54) is 12.3 Å². The summed E-state index contributed by atoms with van der Waals surface area (Å²) in [6.45, 7) is 9.12. The van der Waals surface area contributed by atoms with Gasteiger partial charge in [0.25, 0.3) is 0 Å². The highest BCUT2D eigenvalue weighted by Gasteiger charge is 2.25. The first-order valence-corrected chi connectivity index (χ1v) is 9.87. The largest absolute Gasteiger partial charge is 0.491 e. The maximum atomic E-state index is 12.4. The Labute approximate surface area is 176 Å². The molecule has 1 heterocycles. The zero-order valence-corrected chi connectivity index (χ0v) is 18.2. The van der Waals surface area contributed by atoms with Crippen molar-refractivity contribution in [3.8, 4) is 0 Å². The number of rotatable bonds is 8. The molecule has 0 spiro atoms. The SMILES string of the molecule is COCCCOC1=CC=C/C(=C\c2cc(=O)c(C(=O)O)cn2[C@@H](C)C(C)(C)C)C1=N. The summed E-state index contributed by atoms with van der Waals surface area (Å²) in [5.74, 6) is -0.811. The Morgan fingerprint density at radius 3 is 2.63 bits per heavy atom. The zero-order chi connectivity index (χ0) is 22.5. The molecule has 1 aliphatic rings. The number of aromatic nitrogens is 1. The van der Waals surface area contributed by atoms with Gasteiger partial charge in [-0.05, 0) is 24.5 Å². The normalized spacial score (nSPS) is 16.5. The van der Waals surface area contributed by atoms with E-state index in [2.05, 4.69) is 0 Å². The van der Waals surface area contributed by atoms with Crippen LogP contribution in [0, 0.1) is 10.8 Å². The number of carboxylic acid groups (broad SMARTS) is 1. The van der Waals surface area contributed by atoms with E-state index in [0.29, 0.717) is 36.7 Å². The van der Waals surface area contributed by atoms with Crippen LogP contribution in [0.3, 0.4) is 0 Å². The molecule has 0 unspecified atom stereocenters. The first-order valence-electron chi connectivity index (χ1n) is 9.87. The molecule has 0 amide bonds. The molecule has 2 rings (SSSR count). The van der Waals surface area contributed by atoms with Crippen LogP contribution < -0.4 is 5.43 Å². The highest BCUT2D eigenvalue weighted by Crippen LogP contribution is 2.31. The van der Waals surface area contributed by atoms with Gasteiger partial charge in [-0.25, -0.2) is 4.79 Å². The smallest absolute Gasteiger partial charge is 0.341 e. The average Bonchev–Trinajstić information content (AvgIpc) is 2.66. The highest BCUT2D eigenvalue weighted by molar-refractivity contribution is 6.14. The maximum Gasteiger partial charge on any atom is 0.341 e. The van der Waals surface area contributed by atoms with Crippen molar-refractivity contribution < 1.29 is 19.4 Å². The summed E-state index contributed by atoms with van der Waals surface area (Å²) >= 11 is 0. The van der Waals surface area contributed by atoms with Gasteiger partial charge in [0, 0.05) is 49.7 Å². The van der Waals surface area contributed by atoms with Gasteiger partial charge in [-0.2, -0.15) is 0 Å². The van der Waals surface area contributed by atoms with Gasteiger partial charge in [0.15, 0.2) is 5.43 Å². The van der Waals surface area contributed by atoms with Gasteiger partial charge in [0.2, 0.25) is 0 Å². The molecule has 0 fully saturated rings. The van der Waals surface area contributed by atoms with Crippen molar-refractivity contribution >= 4 is 17.8 Å². The topological polar surface area (TPSA) is 102 Å². The molecule has 1 atom stereocenters. The molecule has 2 N–H and O–H groups in total. The molecule has 162 valence electrons. The van der Waals surface area contributed by atoms with Crippen LogP contribution in [0.1, 0.15) is 56.2 Å². The lowest BCUT2D eigenvalue weighted by atomic mass is 9.87. The Morgan fingerprint density at radius 2 is 2.03 bits per heavy atom. The summed E-state index contributed by atoms with van der Waals surface area (Å²) in [7, 11) is 1.62. The number of nitrogens with one attached hydrogen (secondary N) is 1. The number of allylic oxidation sites excluding steroid dienone is 4. The molecule has 1 aromatic rings. The van der Waals surface area contributed by atoms with Gasteiger partial charge in [-0.15, -0.1) is 0 Å². The van der Waals surface area contributed by atoms with Crippen LogP contribution in [0.15, 0.2) is 46.6 Å². The second-order valence-corrected chi connectivity index (χ2v) is 8.29. The third kappa shape index (κ3) is 5.57. The molecule has 0 aliphatic heterocycles. The van der Waals surface area contributed by atoms with E-state index in [4.69, 9.17) is 14.9 Å². The number of nitrogens with zero attached hydrogens (tertiary/aromatic N) is 1. The number of carbonyl (C=O) groups is 1. The lowest BCUT2D eigenvalue weighted by Crippen LogP contribution is -2.27. The standard InChI is InChI=1S/C23H30N2O5/c1-15(23(2,3)4)25-14-18(22(27)28)19(26)13-17(25)12-16-8-6-9-20(21(16)24)30-11-7-10-29-5/h6,8-9,12-15,24H,7,10-11H2,1-5H3,(H,27,28)/b16-12+,24-21?/t15-/m0/s1. The fraction of sp³-hybridized carbons (Fsp3) is 0.435. The number of carboxylic acids is 1. The van der Waals surface area contributed by atoms with Crippen LogP contribution in [-0.2, 0) is 9.47 Å².